The highest BCUT2D eigenvalue weighted by Gasteiger charge is 2.65. The monoisotopic (exact) mass is 390 g/mol. The standard InChI is InChI=1S/C19H29F3O3Si/c1-5-14-10-9-11-26(24-7-3,25-8-4)19(14,23-6-2)15-12-16(20)18(22)17(21)13-15/h12-14H,5-11H2,1-4H3. The lowest BCUT2D eigenvalue weighted by Gasteiger charge is -2.53. The first kappa shape index (κ1) is 21.4. The maximum atomic E-state index is 14.1. The van der Waals surface area contributed by atoms with Crippen molar-refractivity contribution in [3.8, 4) is 0 Å². The third-order valence-electron chi connectivity index (χ3n) is 5.23. The molecule has 0 N–H and O–H groups in total. The zero-order valence-electron chi connectivity index (χ0n) is 16.0. The van der Waals surface area contributed by atoms with Crippen LogP contribution < -0.4 is 0 Å². The summed E-state index contributed by atoms with van der Waals surface area (Å²) in [5, 5.41) is -1.07. The van der Waals surface area contributed by atoms with Gasteiger partial charge in [-0.1, -0.05) is 19.8 Å². The summed E-state index contributed by atoms with van der Waals surface area (Å²) in [5.41, 5.74) is 0.288. The number of hydrogen-bond donors (Lipinski definition) is 0. The minimum Gasteiger partial charge on any atom is -0.393 e. The fourth-order valence-electron chi connectivity index (χ4n) is 4.40. The molecule has 1 fully saturated rings. The number of hydrogen-bond acceptors (Lipinski definition) is 3. The van der Waals surface area contributed by atoms with Crippen LogP contribution in [0.4, 0.5) is 13.2 Å². The average molecular weight is 391 g/mol. The molecule has 1 aliphatic rings. The second-order valence-electron chi connectivity index (χ2n) is 6.54. The first-order valence-electron chi connectivity index (χ1n) is 9.49. The van der Waals surface area contributed by atoms with Crippen LogP contribution in [0.2, 0.25) is 6.04 Å². The van der Waals surface area contributed by atoms with Gasteiger partial charge in [-0.15, -0.1) is 0 Å². The van der Waals surface area contributed by atoms with Crippen LogP contribution >= 0.6 is 0 Å². The summed E-state index contributed by atoms with van der Waals surface area (Å²) >= 11 is 0. The molecule has 0 saturated carbocycles. The van der Waals surface area contributed by atoms with E-state index in [4.69, 9.17) is 13.6 Å². The normalized spacial score (nSPS) is 25.4. The van der Waals surface area contributed by atoms with Gasteiger partial charge < -0.3 is 13.6 Å². The van der Waals surface area contributed by atoms with E-state index in [1.807, 2.05) is 27.7 Å². The highest BCUT2D eigenvalue weighted by molar-refractivity contribution is 6.70. The van der Waals surface area contributed by atoms with E-state index in [-0.39, 0.29) is 11.5 Å². The minimum absolute atomic E-state index is 0.0229. The Morgan fingerprint density at radius 3 is 2.04 bits per heavy atom. The van der Waals surface area contributed by atoms with E-state index in [1.165, 1.54) is 0 Å². The molecule has 0 aliphatic carbocycles. The van der Waals surface area contributed by atoms with Gasteiger partial charge in [0.2, 0.25) is 0 Å². The van der Waals surface area contributed by atoms with Gasteiger partial charge in [-0.2, -0.15) is 0 Å². The largest absolute Gasteiger partial charge is 0.393 e. The predicted molar refractivity (Wildman–Crippen MR) is 96.4 cm³/mol. The van der Waals surface area contributed by atoms with Crippen LogP contribution in [0.5, 0.6) is 0 Å². The molecule has 1 aliphatic heterocycles. The van der Waals surface area contributed by atoms with Gasteiger partial charge in [-0.05, 0) is 56.9 Å². The number of benzene rings is 1. The van der Waals surface area contributed by atoms with Crippen LogP contribution in [0.15, 0.2) is 12.1 Å². The fraction of sp³-hybridized carbons (Fsp3) is 0.684. The van der Waals surface area contributed by atoms with Crippen LogP contribution in [0.3, 0.4) is 0 Å². The van der Waals surface area contributed by atoms with Crippen LogP contribution in [0.1, 0.15) is 52.5 Å². The molecule has 7 heteroatoms. The molecule has 1 heterocycles. The zero-order valence-corrected chi connectivity index (χ0v) is 17.0. The smallest absolute Gasteiger partial charge is 0.376 e. The molecule has 26 heavy (non-hydrogen) atoms. The Bertz CT molecular complexity index is 579. The van der Waals surface area contributed by atoms with Gasteiger partial charge in [0.05, 0.1) is 0 Å². The highest BCUT2D eigenvalue weighted by Crippen LogP contribution is 2.52. The molecule has 0 bridgehead atoms. The van der Waals surface area contributed by atoms with Crippen molar-refractivity contribution in [1.82, 2.24) is 0 Å². The third kappa shape index (κ3) is 3.46. The van der Waals surface area contributed by atoms with E-state index in [9.17, 15) is 13.2 Å². The van der Waals surface area contributed by atoms with E-state index < -0.39 is 31.2 Å². The molecule has 0 aromatic heterocycles. The summed E-state index contributed by atoms with van der Waals surface area (Å²) in [6.07, 6.45) is 2.49. The van der Waals surface area contributed by atoms with Gasteiger partial charge in [0, 0.05) is 19.8 Å². The van der Waals surface area contributed by atoms with Crippen LogP contribution in [-0.2, 0) is 18.8 Å². The molecular formula is C19H29F3O3Si. The molecule has 0 radical (unpaired) electrons. The maximum Gasteiger partial charge on any atom is 0.376 e. The molecule has 1 aromatic rings. The van der Waals surface area contributed by atoms with Crippen molar-refractivity contribution in [3.63, 3.8) is 0 Å². The van der Waals surface area contributed by atoms with Crippen molar-refractivity contribution >= 4 is 8.56 Å². The van der Waals surface area contributed by atoms with Gasteiger partial charge in [-0.3, -0.25) is 0 Å². The lowest BCUT2D eigenvalue weighted by Crippen LogP contribution is -2.67. The van der Waals surface area contributed by atoms with Gasteiger partial charge in [-0.25, -0.2) is 13.2 Å². The summed E-state index contributed by atoms with van der Waals surface area (Å²) in [5.74, 6) is -3.92. The summed E-state index contributed by atoms with van der Waals surface area (Å²) in [6.45, 7) is 8.81. The van der Waals surface area contributed by atoms with Crippen LogP contribution in [0.25, 0.3) is 0 Å². The maximum absolute atomic E-state index is 14.1. The van der Waals surface area contributed by atoms with Crippen LogP contribution in [0, 0.1) is 23.4 Å². The van der Waals surface area contributed by atoms with E-state index in [2.05, 4.69) is 0 Å². The zero-order chi connectivity index (χ0) is 19.4. The average Bonchev–Trinajstić information content (AvgIpc) is 2.61. The second-order valence-corrected chi connectivity index (χ2v) is 9.86. The number of halogens is 3. The molecule has 1 saturated heterocycles. The molecule has 2 rings (SSSR count). The summed E-state index contributed by atoms with van der Waals surface area (Å²) in [7, 11) is -3.05. The summed E-state index contributed by atoms with van der Waals surface area (Å²) in [6, 6.07) is 2.79. The lowest BCUT2D eigenvalue weighted by atomic mass is 9.87. The fourth-order valence-corrected chi connectivity index (χ4v) is 9.10. The van der Waals surface area contributed by atoms with Gasteiger partial charge in [0.15, 0.2) is 17.5 Å². The Morgan fingerprint density at radius 1 is 1.00 bits per heavy atom. The first-order valence-corrected chi connectivity index (χ1v) is 11.5. The Balaban J connectivity index is 2.78. The first-order chi connectivity index (χ1) is 12.4. The molecule has 0 amide bonds. The van der Waals surface area contributed by atoms with E-state index in [0.717, 1.165) is 31.4 Å². The summed E-state index contributed by atoms with van der Waals surface area (Å²) in [4.78, 5) is 0. The van der Waals surface area contributed by atoms with Crippen molar-refractivity contribution in [3.05, 3.63) is 35.1 Å². The van der Waals surface area contributed by atoms with Gasteiger partial charge in [0.25, 0.3) is 0 Å². The summed E-state index contributed by atoms with van der Waals surface area (Å²) < 4.78 is 60.6. The van der Waals surface area contributed by atoms with Crippen molar-refractivity contribution in [2.45, 2.75) is 58.2 Å². The number of ether oxygens (including phenoxy) is 1. The predicted octanol–water partition coefficient (Wildman–Crippen LogP) is 5.21. The van der Waals surface area contributed by atoms with Crippen molar-refractivity contribution in [2.75, 3.05) is 19.8 Å². The van der Waals surface area contributed by atoms with Crippen molar-refractivity contribution in [2.24, 2.45) is 5.92 Å². The van der Waals surface area contributed by atoms with E-state index in [0.29, 0.717) is 25.9 Å². The number of rotatable bonds is 8. The molecule has 148 valence electrons. The second kappa shape index (κ2) is 8.86. The third-order valence-corrected chi connectivity index (χ3v) is 9.73. The van der Waals surface area contributed by atoms with Crippen molar-refractivity contribution in [1.29, 1.82) is 0 Å². The molecule has 3 nitrogen and oxygen atoms in total. The Labute approximate surface area is 155 Å². The SMILES string of the molecule is CCOC1(c2cc(F)c(F)c(F)c2)C(CC)CCC[Si]1(OCC)OCC. The van der Waals surface area contributed by atoms with E-state index >= 15 is 0 Å². The lowest BCUT2D eigenvalue weighted by molar-refractivity contribution is -0.0814. The molecule has 2 unspecified atom stereocenters. The quantitative estimate of drug-likeness (QED) is 0.450. The van der Waals surface area contributed by atoms with Crippen molar-refractivity contribution < 1.29 is 26.8 Å². The van der Waals surface area contributed by atoms with E-state index in [1.54, 1.807) is 0 Å². The highest BCUT2D eigenvalue weighted by atomic mass is 28.4. The molecule has 1 aromatic carbocycles. The Kier molecular flexibility index (Phi) is 7.30. The van der Waals surface area contributed by atoms with Gasteiger partial charge >= 0.3 is 8.56 Å². The van der Waals surface area contributed by atoms with Gasteiger partial charge in [0.1, 0.15) is 5.22 Å². The Hall–Kier alpha value is -0.893. The Morgan fingerprint density at radius 2 is 1.58 bits per heavy atom. The molecular weight excluding hydrogens is 361 g/mol. The topological polar surface area (TPSA) is 27.7 Å². The molecule has 2 atom stereocenters. The molecule has 0 spiro atoms. The van der Waals surface area contributed by atoms with Crippen LogP contribution in [-0.4, -0.2) is 28.4 Å². The minimum atomic E-state index is -3.05.